The number of isocyanates is 1. The second-order valence-corrected chi connectivity index (χ2v) is 6.33. The molecule has 2 aromatic rings. The first-order chi connectivity index (χ1) is 11.3. The summed E-state index contributed by atoms with van der Waals surface area (Å²) in [5.74, 6) is 0. The minimum Gasteiger partial charge on any atom is -0.378 e. The lowest BCUT2D eigenvalue weighted by atomic mass is 10.3. The van der Waals surface area contributed by atoms with Crippen LogP contribution in [0.4, 0.5) is 22.7 Å². The highest BCUT2D eigenvalue weighted by atomic mass is 32.2. The molecule has 0 atom stereocenters. The molecule has 0 amide bonds. The Kier molecular flexibility index (Phi) is 5.20. The van der Waals surface area contributed by atoms with Crippen molar-refractivity contribution in [3.63, 3.8) is 0 Å². The van der Waals surface area contributed by atoms with Gasteiger partial charge in [0.15, 0.2) is 0 Å². The second kappa shape index (κ2) is 7.14. The van der Waals surface area contributed by atoms with Gasteiger partial charge in [0.2, 0.25) is 6.08 Å². The SMILES string of the molecule is CN(C)c1ccc(/N=N/c2ccc(N=C=O)cc2S(=O)(=O)O)cc1. The minimum absolute atomic E-state index is 0.0342. The normalized spacial score (nSPS) is 11.3. The average Bonchev–Trinajstić information content (AvgIpc) is 2.53. The predicted molar refractivity (Wildman–Crippen MR) is 89.0 cm³/mol. The fraction of sp³-hybridized carbons (Fsp3) is 0.133. The van der Waals surface area contributed by atoms with Crippen LogP contribution in [0.15, 0.2) is 62.6 Å². The molecule has 124 valence electrons. The maximum Gasteiger partial charge on any atom is 0.296 e. The van der Waals surface area contributed by atoms with Gasteiger partial charge in [-0.15, -0.1) is 5.11 Å². The molecule has 0 saturated heterocycles. The molecule has 1 N–H and O–H groups in total. The summed E-state index contributed by atoms with van der Waals surface area (Å²) in [4.78, 5) is 15.0. The molecule has 0 spiro atoms. The van der Waals surface area contributed by atoms with Crippen LogP contribution in [0.3, 0.4) is 0 Å². The summed E-state index contributed by atoms with van der Waals surface area (Å²) in [6.07, 6.45) is 1.29. The van der Waals surface area contributed by atoms with Crippen LogP contribution in [-0.4, -0.2) is 33.1 Å². The number of anilines is 1. The Morgan fingerprint density at radius 2 is 1.62 bits per heavy atom. The van der Waals surface area contributed by atoms with Crippen LogP contribution in [-0.2, 0) is 14.9 Å². The summed E-state index contributed by atoms with van der Waals surface area (Å²) in [6, 6.07) is 10.8. The predicted octanol–water partition coefficient (Wildman–Crippen LogP) is 3.38. The summed E-state index contributed by atoms with van der Waals surface area (Å²) in [5, 5.41) is 7.80. The van der Waals surface area contributed by atoms with Gasteiger partial charge in [-0.3, -0.25) is 4.55 Å². The average molecular weight is 346 g/mol. The van der Waals surface area contributed by atoms with E-state index < -0.39 is 15.0 Å². The first kappa shape index (κ1) is 17.5. The molecule has 0 heterocycles. The Hall–Kier alpha value is -2.87. The lowest BCUT2D eigenvalue weighted by molar-refractivity contribution is 0.483. The van der Waals surface area contributed by atoms with E-state index in [1.165, 1.54) is 18.2 Å². The fourth-order valence-electron chi connectivity index (χ4n) is 1.84. The molecule has 0 saturated carbocycles. The highest BCUT2D eigenvalue weighted by Crippen LogP contribution is 2.30. The molecule has 0 fully saturated rings. The van der Waals surface area contributed by atoms with Crippen molar-refractivity contribution in [3.8, 4) is 0 Å². The second-order valence-electron chi connectivity index (χ2n) is 4.94. The van der Waals surface area contributed by atoms with Crippen molar-refractivity contribution in [2.24, 2.45) is 15.2 Å². The molecule has 0 aromatic heterocycles. The topological polar surface area (TPSA) is 112 Å². The number of carbonyl (C=O) groups excluding carboxylic acids is 1. The van der Waals surface area contributed by atoms with Crippen molar-refractivity contribution in [1.29, 1.82) is 0 Å². The van der Waals surface area contributed by atoms with Gasteiger partial charge in [-0.2, -0.15) is 18.5 Å². The van der Waals surface area contributed by atoms with Gasteiger partial charge in [-0.25, -0.2) is 4.79 Å². The van der Waals surface area contributed by atoms with Gasteiger partial charge in [0, 0.05) is 19.8 Å². The Morgan fingerprint density at radius 3 is 2.17 bits per heavy atom. The molecule has 0 aliphatic heterocycles. The molecule has 2 rings (SSSR count). The first-order valence-electron chi connectivity index (χ1n) is 6.70. The largest absolute Gasteiger partial charge is 0.378 e. The lowest BCUT2D eigenvalue weighted by Crippen LogP contribution is -2.07. The molecule has 8 nitrogen and oxygen atoms in total. The standard InChI is InChI=1S/C15H14N4O4S/c1-19(2)13-6-3-11(4-7-13)17-18-14-8-5-12(16-10-20)9-15(14)24(21,22)23/h3-9H,1-2H3,(H,21,22,23)/b18-17+. The number of hydrogen-bond acceptors (Lipinski definition) is 7. The van der Waals surface area contributed by atoms with Crippen LogP contribution in [0.25, 0.3) is 0 Å². The summed E-state index contributed by atoms with van der Waals surface area (Å²) in [5.41, 5.74) is 1.45. The fourth-order valence-corrected chi connectivity index (χ4v) is 2.49. The zero-order valence-electron chi connectivity index (χ0n) is 12.9. The Labute approximate surface area is 138 Å². The van der Waals surface area contributed by atoms with E-state index in [0.29, 0.717) is 5.69 Å². The van der Waals surface area contributed by atoms with Crippen molar-refractivity contribution in [1.82, 2.24) is 0 Å². The number of aliphatic imine (C=N–C) groups is 1. The van der Waals surface area contributed by atoms with E-state index in [1.807, 2.05) is 31.1 Å². The number of hydrogen-bond donors (Lipinski definition) is 1. The van der Waals surface area contributed by atoms with Gasteiger partial charge < -0.3 is 4.90 Å². The van der Waals surface area contributed by atoms with Crippen molar-refractivity contribution >= 4 is 38.9 Å². The monoisotopic (exact) mass is 346 g/mol. The number of rotatable bonds is 5. The quantitative estimate of drug-likeness (QED) is 0.386. The van der Waals surface area contributed by atoms with Crippen molar-refractivity contribution in [2.75, 3.05) is 19.0 Å². The molecule has 0 unspecified atom stereocenters. The first-order valence-corrected chi connectivity index (χ1v) is 8.14. The van der Waals surface area contributed by atoms with E-state index in [2.05, 4.69) is 15.2 Å². The van der Waals surface area contributed by atoms with Gasteiger partial charge in [0.25, 0.3) is 10.1 Å². The van der Waals surface area contributed by atoms with Crippen LogP contribution in [0.5, 0.6) is 0 Å². The molecule has 0 bridgehead atoms. The van der Waals surface area contributed by atoms with E-state index in [0.717, 1.165) is 11.8 Å². The van der Waals surface area contributed by atoms with Gasteiger partial charge in [-0.05, 0) is 42.5 Å². The third-order valence-corrected chi connectivity index (χ3v) is 3.92. The molecular formula is C15H14N4O4S. The Morgan fingerprint density at radius 1 is 1.00 bits per heavy atom. The van der Waals surface area contributed by atoms with Crippen LogP contribution < -0.4 is 4.90 Å². The zero-order chi connectivity index (χ0) is 17.7. The van der Waals surface area contributed by atoms with Gasteiger partial charge in [-0.1, -0.05) is 0 Å². The summed E-state index contributed by atoms with van der Waals surface area (Å²) in [7, 11) is -0.745. The molecule has 0 aliphatic rings. The zero-order valence-corrected chi connectivity index (χ0v) is 13.7. The lowest BCUT2D eigenvalue weighted by Gasteiger charge is -2.11. The van der Waals surface area contributed by atoms with Gasteiger partial charge in [0.05, 0.1) is 11.4 Å². The number of nitrogens with zero attached hydrogens (tertiary/aromatic N) is 4. The molecule has 0 aliphatic carbocycles. The third-order valence-electron chi connectivity index (χ3n) is 3.04. The summed E-state index contributed by atoms with van der Waals surface area (Å²) in [6.45, 7) is 0. The Balaban J connectivity index is 2.39. The molecule has 2 aromatic carbocycles. The molecule has 24 heavy (non-hydrogen) atoms. The minimum atomic E-state index is -4.55. The molecular weight excluding hydrogens is 332 g/mol. The van der Waals surface area contributed by atoms with E-state index in [1.54, 1.807) is 12.1 Å². The highest BCUT2D eigenvalue weighted by Gasteiger charge is 2.16. The van der Waals surface area contributed by atoms with Crippen molar-refractivity contribution < 1.29 is 17.8 Å². The van der Waals surface area contributed by atoms with Crippen molar-refractivity contribution in [2.45, 2.75) is 4.90 Å². The van der Waals surface area contributed by atoms with Gasteiger partial charge >= 0.3 is 0 Å². The van der Waals surface area contributed by atoms with E-state index in [9.17, 15) is 17.8 Å². The van der Waals surface area contributed by atoms with Crippen LogP contribution in [0.1, 0.15) is 0 Å². The number of azo groups is 1. The van der Waals surface area contributed by atoms with Crippen molar-refractivity contribution in [3.05, 3.63) is 42.5 Å². The van der Waals surface area contributed by atoms with E-state index in [-0.39, 0.29) is 11.4 Å². The van der Waals surface area contributed by atoms with E-state index in [4.69, 9.17) is 0 Å². The third kappa shape index (κ3) is 4.32. The van der Waals surface area contributed by atoms with Crippen LogP contribution in [0.2, 0.25) is 0 Å². The molecule has 9 heteroatoms. The van der Waals surface area contributed by atoms with Crippen LogP contribution in [0, 0.1) is 0 Å². The maximum atomic E-state index is 11.4. The summed E-state index contributed by atoms with van der Waals surface area (Å²) < 4.78 is 32.2. The number of benzene rings is 2. The van der Waals surface area contributed by atoms with Gasteiger partial charge in [0.1, 0.15) is 10.6 Å². The highest BCUT2D eigenvalue weighted by molar-refractivity contribution is 7.86. The summed E-state index contributed by atoms with van der Waals surface area (Å²) >= 11 is 0. The molecule has 0 radical (unpaired) electrons. The van der Waals surface area contributed by atoms with E-state index >= 15 is 0 Å². The Bertz CT molecular complexity index is 915. The smallest absolute Gasteiger partial charge is 0.296 e. The van der Waals surface area contributed by atoms with Crippen LogP contribution >= 0.6 is 0 Å². The maximum absolute atomic E-state index is 11.4.